The third kappa shape index (κ3) is 5.90. The fourth-order valence-corrected chi connectivity index (χ4v) is 2.92. The number of hydrogen-bond donors (Lipinski definition) is 4. The second-order valence-electron chi connectivity index (χ2n) is 6.89. The van der Waals surface area contributed by atoms with Crippen molar-refractivity contribution in [2.45, 2.75) is 30.8 Å². The molecule has 1 saturated heterocycles. The number of aliphatic hydroxyl groups is 2. The van der Waals surface area contributed by atoms with Crippen molar-refractivity contribution in [2.75, 3.05) is 45.8 Å². The van der Waals surface area contributed by atoms with Crippen molar-refractivity contribution in [3.63, 3.8) is 0 Å². The SMILES string of the molecule is COCCNC(=O)C[C@@H]1O[C@@H](CNC(=O)c2ccc(N(C)C)cc2)[C@@H](O)[C@H]1O. The van der Waals surface area contributed by atoms with E-state index in [1.165, 1.54) is 7.11 Å². The molecule has 1 heterocycles. The van der Waals surface area contributed by atoms with E-state index >= 15 is 0 Å². The van der Waals surface area contributed by atoms with Gasteiger partial charge in [0.25, 0.3) is 5.91 Å². The lowest BCUT2D eigenvalue weighted by molar-refractivity contribution is -0.125. The molecule has 0 aromatic heterocycles. The Labute approximate surface area is 164 Å². The van der Waals surface area contributed by atoms with Crippen LogP contribution in [0.2, 0.25) is 0 Å². The minimum absolute atomic E-state index is 0.0221. The lowest BCUT2D eigenvalue weighted by Crippen LogP contribution is -2.40. The first-order valence-corrected chi connectivity index (χ1v) is 9.16. The molecule has 9 heteroatoms. The van der Waals surface area contributed by atoms with Crippen LogP contribution >= 0.6 is 0 Å². The molecule has 0 aliphatic carbocycles. The molecule has 4 N–H and O–H groups in total. The molecule has 28 heavy (non-hydrogen) atoms. The first-order chi connectivity index (χ1) is 13.3. The summed E-state index contributed by atoms with van der Waals surface area (Å²) >= 11 is 0. The van der Waals surface area contributed by atoms with Gasteiger partial charge < -0.3 is 35.2 Å². The quantitative estimate of drug-likeness (QED) is 0.401. The predicted octanol–water partition coefficient (Wildman–Crippen LogP) is -0.876. The van der Waals surface area contributed by atoms with Crippen molar-refractivity contribution in [2.24, 2.45) is 0 Å². The predicted molar refractivity (Wildman–Crippen MR) is 103 cm³/mol. The molecule has 1 aliphatic rings. The van der Waals surface area contributed by atoms with Crippen LogP contribution in [0.25, 0.3) is 0 Å². The Kier molecular flexibility index (Phi) is 8.18. The van der Waals surface area contributed by atoms with E-state index in [4.69, 9.17) is 9.47 Å². The van der Waals surface area contributed by atoms with Crippen molar-refractivity contribution in [3.8, 4) is 0 Å². The summed E-state index contributed by atoms with van der Waals surface area (Å²) in [4.78, 5) is 26.1. The fraction of sp³-hybridized carbons (Fsp3) is 0.579. The maximum absolute atomic E-state index is 12.3. The first-order valence-electron chi connectivity index (χ1n) is 9.16. The van der Waals surface area contributed by atoms with Gasteiger partial charge in [0.05, 0.1) is 19.1 Å². The van der Waals surface area contributed by atoms with Crippen LogP contribution in [0.5, 0.6) is 0 Å². The van der Waals surface area contributed by atoms with Crippen molar-refractivity contribution < 1.29 is 29.3 Å². The largest absolute Gasteiger partial charge is 0.388 e. The Morgan fingerprint density at radius 3 is 2.36 bits per heavy atom. The van der Waals surface area contributed by atoms with E-state index in [0.29, 0.717) is 18.7 Å². The third-order valence-corrected chi connectivity index (χ3v) is 4.59. The minimum atomic E-state index is -1.20. The Bertz CT molecular complexity index is 652. The topological polar surface area (TPSA) is 120 Å². The Hall–Kier alpha value is -2.20. The molecule has 9 nitrogen and oxygen atoms in total. The van der Waals surface area contributed by atoms with Crippen LogP contribution in [0.4, 0.5) is 5.69 Å². The minimum Gasteiger partial charge on any atom is -0.388 e. The highest BCUT2D eigenvalue weighted by Gasteiger charge is 2.43. The van der Waals surface area contributed by atoms with Crippen LogP contribution < -0.4 is 15.5 Å². The summed E-state index contributed by atoms with van der Waals surface area (Å²) in [5.74, 6) is -0.615. The molecule has 1 fully saturated rings. The summed E-state index contributed by atoms with van der Waals surface area (Å²) in [7, 11) is 5.35. The molecule has 2 rings (SSSR count). The van der Waals surface area contributed by atoms with E-state index in [2.05, 4.69) is 10.6 Å². The van der Waals surface area contributed by atoms with Crippen molar-refractivity contribution in [3.05, 3.63) is 29.8 Å². The van der Waals surface area contributed by atoms with Crippen molar-refractivity contribution in [1.29, 1.82) is 0 Å². The number of aliphatic hydroxyl groups excluding tert-OH is 2. The average Bonchev–Trinajstić information content (AvgIpc) is 2.94. The molecule has 1 aromatic rings. The Morgan fingerprint density at radius 1 is 1.11 bits per heavy atom. The normalized spacial score (nSPS) is 24.0. The summed E-state index contributed by atoms with van der Waals surface area (Å²) < 4.78 is 10.4. The van der Waals surface area contributed by atoms with E-state index in [0.717, 1.165) is 5.69 Å². The standard InChI is InChI=1S/C19H29N3O6/c1-22(2)13-6-4-12(5-7-13)19(26)21-11-15-18(25)17(24)14(28-15)10-16(23)20-8-9-27-3/h4-7,14-15,17-18,24-25H,8-11H2,1-3H3,(H,20,23)(H,21,26)/t14-,15-,17-,18+/m0/s1. The Morgan fingerprint density at radius 2 is 1.75 bits per heavy atom. The number of rotatable bonds is 9. The van der Waals surface area contributed by atoms with Gasteiger partial charge in [0.1, 0.15) is 18.3 Å². The number of carbonyl (C=O) groups excluding carboxylic acids is 2. The lowest BCUT2D eigenvalue weighted by atomic mass is 10.1. The molecule has 0 saturated carbocycles. The zero-order valence-electron chi connectivity index (χ0n) is 16.4. The maximum atomic E-state index is 12.3. The van der Waals surface area contributed by atoms with E-state index < -0.39 is 24.4 Å². The molecule has 2 amide bonds. The van der Waals surface area contributed by atoms with E-state index in [9.17, 15) is 19.8 Å². The van der Waals surface area contributed by atoms with E-state index in [1.54, 1.807) is 12.1 Å². The molecule has 4 atom stereocenters. The van der Waals surface area contributed by atoms with Gasteiger partial charge in [-0.25, -0.2) is 0 Å². The highest BCUT2D eigenvalue weighted by atomic mass is 16.5. The molecule has 0 unspecified atom stereocenters. The molecule has 0 bridgehead atoms. The fourth-order valence-electron chi connectivity index (χ4n) is 2.92. The van der Waals surface area contributed by atoms with E-state index in [1.807, 2.05) is 31.1 Å². The van der Waals surface area contributed by atoms with Crippen molar-refractivity contribution >= 4 is 17.5 Å². The summed E-state index contributed by atoms with van der Waals surface area (Å²) in [6.45, 7) is 0.758. The van der Waals surface area contributed by atoms with Gasteiger partial charge in [-0.05, 0) is 24.3 Å². The lowest BCUT2D eigenvalue weighted by Gasteiger charge is -2.16. The molecular formula is C19H29N3O6. The van der Waals surface area contributed by atoms with Crippen LogP contribution in [-0.2, 0) is 14.3 Å². The molecular weight excluding hydrogens is 366 g/mol. The summed E-state index contributed by atoms with van der Waals surface area (Å²) in [6.07, 6.45) is -4.10. The van der Waals surface area contributed by atoms with Crippen LogP contribution in [0.15, 0.2) is 24.3 Å². The van der Waals surface area contributed by atoms with Crippen LogP contribution in [0.3, 0.4) is 0 Å². The van der Waals surface area contributed by atoms with Crippen molar-refractivity contribution in [1.82, 2.24) is 10.6 Å². The number of carbonyl (C=O) groups is 2. The number of ether oxygens (including phenoxy) is 2. The molecule has 1 aliphatic heterocycles. The smallest absolute Gasteiger partial charge is 0.251 e. The van der Waals surface area contributed by atoms with Gasteiger partial charge in [-0.1, -0.05) is 0 Å². The van der Waals surface area contributed by atoms with E-state index in [-0.39, 0.29) is 24.8 Å². The highest BCUT2D eigenvalue weighted by molar-refractivity contribution is 5.94. The van der Waals surface area contributed by atoms with Gasteiger partial charge in [-0.2, -0.15) is 0 Å². The zero-order chi connectivity index (χ0) is 20.7. The average molecular weight is 395 g/mol. The number of anilines is 1. The second-order valence-corrected chi connectivity index (χ2v) is 6.89. The number of nitrogens with one attached hydrogen (secondary N) is 2. The van der Waals surface area contributed by atoms with Gasteiger partial charge in [0, 0.05) is 45.5 Å². The highest BCUT2D eigenvalue weighted by Crippen LogP contribution is 2.23. The number of hydrogen-bond acceptors (Lipinski definition) is 7. The Balaban J connectivity index is 1.83. The van der Waals surface area contributed by atoms with Gasteiger partial charge >= 0.3 is 0 Å². The molecule has 0 spiro atoms. The third-order valence-electron chi connectivity index (χ3n) is 4.59. The van der Waals surface area contributed by atoms with Crippen LogP contribution in [0.1, 0.15) is 16.8 Å². The molecule has 1 aromatic carbocycles. The second kappa shape index (κ2) is 10.4. The van der Waals surface area contributed by atoms with Gasteiger partial charge in [0.2, 0.25) is 5.91 Å². The molecule has 156 valence electrons. The van der Waals surface area contributed by atoms with Gasteiger partial charge in [0.15, 0.2) is 0 Å². The summed E-state index contributed by atoms with van der Waals surface area (Å²) in [6, 6.07) is 7.08. The number of methoxy groups -OCH3 is 1. The van der Waals surface area contributed by atoms with Crippen LogP contribution in [-0.4, -0.2) is 87.3 Å². The van der Waals surface area contributed by atoms with Crippen LogP contribution in [0, 0.1) is 0 Å². The zero-order valence-corrected chi connectivity index (χ0v) is 16.4. The summed E-state index contributed by atoms with van der Waals surface area (Å²) in [5, 5.41) is 25.6. The maximum Gasteiger partial charge on any atom is 0.251 e. The first kappa shape index (κ1) is 22.1. The monoisotopic (exact) mass is 395 g/mol. The number of benzene rings is 1. The number of nitrogens with zero attached hydrogens (tertiary/aromatic N) is 1. The molecule has 0 radical (unpaired) electrons. The van der Waals surface area contributed by atoms with Gasteiger partial charge in [-0.3, -0.25) is 9.59 Å². The number of amides is 2. The summed E-state index contributed by atoms with van der Waals surface area (Å²) in [5.41, 5.74) is 1.45. The van der Waals surface area contributed by atoms with Gasteiger partial charge in [-0.15, -0.1) is 0 Å².